The molecule has 0 saturated heterocycles. The van der Waals surface area contributed by atoms with Gasteiger partial charge >= 0.3 is 0 Å². The Morgan fingerprint density at radius 1 is 0.967 bits per heavy atom. The van der Waals surface area contributed by atoms with Crippen LogP contribution in [0.4, 0.5) is 5.69 Å². The summed E-state index contributed by atoms with van der Waals surface area (Å²) in [4.78, 5) is 12.8. The van der Waals surface area contributed by atoms with Crippen molar-refractivity contribution in [2.45, 2.75) is 37.0 Å². The van der Waals surface area contributed by atoms with Crippen LogP contribution in [0.15, 0.2) is 47.4 Å². The van der Waals surface area contributed by atoms with Crippen molar-refractivity contribution in [3.8, 4) is 11.5 Å². The number of nitrogens with one attached hydrogen (secondary N) is 2. The van der Waals surface area contributed by atoms with Gasteiger partial charge in [-0.25, -0.2) is 8.42 Å². The van der Waals surface area contributed by atoms with Gasteiger partial charge in [-0.05, 0) is 43.0 Å². The molecule has 2 aromatic carbocycles. The van der Waals surface area contributed by atoms with Crippen molar-refractivity contribution < 1.29 is 22.7 Å². The second-order valence-electron chi connectivity index (χ2n) is 7.67. The summed E-state index contributed by atoms with van der Waals surface area (Å²) in [6.07, 6.45) is 5.91. The minimum atomic E-state index is -3.90. The number of fused-ring (bicyclic) bond motifs is 1. The first-order valence-corrected chi connectivity index (χ1v) is 11.8. The molecule has 0 spiro atoms. The second-order valence-corrected chi connectivity index (χ2v) is 9.35. The molecule has 0 unspecified atom stereocenters. The average Bonchev–Trinajstić information content (AvgIpc) is 2.78. The number of hydrogen-bond acceptors (Lipinski definition) is 5. The zero-order valence-corrected chi connectivity index (χ0v) is 17.5. The fourth-order valence-electron chi connectivity index (χ4n) is 3.89. The SMILES string of the molecule is O=C(NCC1CCCCC1)c1ccccc1NS(=O)(=O)c1ccc2c(c1)OCCO2. The van der Waals surface area contributed by atoms with Crippen LogP contribution in [0.2, 0.25) is 0 Å². The topological polar surface area (TPSA) is 93.7 Å². The summed E-state index contributed by atoms with van der Waals surface area (Å²) in [5.41, 5.74) is 0.544. The molecule has 1 amide bonds. The Bertz CT molecular complexity index is 1020. The molecular weight excluding hydrogens is 404 g/mol. The molecule has 0 radical (unpaired) electrons. The molecule has 160 valence electrons. The molecular formula is C22H26N2O5S. The molecule has 2 N–H and O–H groups in total. The van der Waals surface area contributed by atoms with Crippen molar-refractivity contribution in [1.29, 1.82) is 0 Å². The Hall–Kier alpha value is -2.74. The first kappa shape index (κ1) is 20.5. The third kappa shape index (κ3) is 4.70. The molecule has 1 saturated carbocycles. The number of benzene rings is 2. The number of para-hydroxylation sites is 1. The zero-order chi connectivity index (χ0) is 21.0. The number of carbonyl (C=O) groups excluding carboxylic acids is 1. The summed E-state index contributed by atoms with van der Waals surface area (Å²) in [5, 5.41) is 2.97. The molecule has 1 aliphatic heterocycles. The minimum absolute atomic E-state index is 0.0455. The quantitative estimate of drug-likeness (QED) is 0.731. The lowest BCUT2D eigenvalue weighted by Gasteiger charge is -2.22. The molecule has 4 rings (SSSR count). The molecule has 2 aliphatic rings. The Labute approximate surface area is 176 Å². The van der Waals surface area contributed by atoms with Crippen LogP contribution in [0.5, 0.6) is 11.5 Å². The van der Waals surface area contributed by atoms with Gasteiger partial charge in [0.1, 0.15) is 13.2 Å². The summed E-state index contributed by atoms with van der Waals surface area (Å²) in [6, 6.07) is 11.1. The molecule has 1 aliphatic carbocycles. The Morgan fingerprint density at radius 3 is 2.50 bits per heavy atom. The zero-order valence-electron chi connectivity index (χ0n) is 16.7. The van der Waals surface area contributed by atoms with Crippen LogP contribution in [0.3, 0.4) is 0 Å². The van der Waals surface area contributed by atoms with Crippen molar-refractivity contribution in [2.75, 3.05) is 24.5 Å². The van der Waals surface area contributed by atoms with Gasteiger partial charge in [0.2, 0.25) is 0 Å². The predicted molar refractivity (Wildman–Crippen MR) is 114 cm³/mol. The number of amides is 1. The molecule has 0 bridgehead atoms. The lowest BCUT2D eigenvalue weighted by Crippen LogP contribution is -2.31. The van der Waals surface area contributed by atoms with Crippen LogP contribution in [0.1, 0.15) is 42.5 Å². The third-order valence-corrected chi connectivity index (χ3v) is 6.88. The molecule has 0 atom stereocenters. The normalized spacial score (nSPS) is 16.7. The van der Waals surface area contributed by atoms with E-state index < -0.39 is 10.0 Å². The molecule has 1 heterocycles. The third-order valence-electron chi connectivity index (χ3n) is 5.52. The summed E-state index contributed by atoms with van der Waals surface area (Å²) in [6.45, 7) is 1.41. The summed E-state index contributed by atoms with van der Waals surface area (Å²) < 4.78 is 39.3. The van der Waals surface area contributed by atoms with Gasteiger partial charge in [0.15, 0.2) is 11.5 Å². The molecule has 30 heavy (non-hydrogen) atoms. The minimum Gasteiger partial charge on any atom is -0.486 e. The van der Waals surface area contributed by atoms with Crippen LogP contribution < -0.4 is 19.5 Å². The summed E-state index contributed by atoms with van der Waals surface area (Å²) in [5.74, 6) is 1.12. The van der Waals surface area contributed by atoms with Gasteiger partial charge in [-0.15, -0.1) is 0 Å². The van der Waals surface area contributed by atoms with Gasteiger partial charge in [0.25, 0.3) is 15.9 Å². The van der Waals surface area contributed by atoms with Gasteiger partial charge < -0.3 is 14.8 Å². The fraction of sp³-hybridized carbons (Fsp3) is 0.409. The van der Waals surface area contributed by atoms with Gasteiger partial charge in [-0.1, -0.05) is 31.4 Å². The van der Waals surface area contributed by atoms with E-state index >= 15 is 0 Å². The molecule has 8 heteroatoms. The van der Waals surface area contributed by atoms with E-state index in [-0.39, 0.29) is 16.5 Å². The van der Waals surface area contributed by atoms with Crippen LogP contribution in [0.25, 0.3) is 0 Å². The number of anilines is 1. The van der Waals surface area contributed by atoms with Gasteiger partial charge in [0, 0.05) is 12.6 Å². The average molecular weight is 431 g/mol. The second kappa shape index (κ2) is 8.95. The maximum Gasteiger partial charge on any atom is 0.262 e. The number of ether oxygens (including phenoxy) is 2. The highest BCUT2D eigenvalue weighted by atomic mass is 32.2. The van der Waals surface area contributed by atoms with Crippen LogP contribution in [-0.2, 0) is 10.0 Å². The first-order chi connectivity index (χ1) is 14.5. The maximum absolute atomic E-state index is 12.9. The van der Waals surface area contributed by atoms with Crippen molar-refractivity contribution in [1.82, 2.24) is 5.32 Å². The predicted octanol–water partition coefficient (Wildman–Crippen LogP) is 3.57. The van der Waals surface area contributed by atoms with Gasteiger partial charge in [-0.3, -0.25) is 9.52 Å². The summed E-state index contributed by atoms with van der Waals surface area (Å²) >= 11 is 0. The molecule has 2 aromatic rings. The maximum atomic E-state index is 12.9. The monoisotopic (exact) mass is 430 g/mol. The largest absolute Gasteiger partial charge is 0.486 e. The smallest absolute Gasteiger partial charge is 0.262 e. The molecule has 7 nitrogen and oxygen atoms in total. The van der Waals surface area contributed by atoms with E-state index in [9.17, 15) is 13.2 Å². The lowest BCUT2D eigenvalue weighted by atomic mass is 9.89. The van der Waals surface area contributed by atoms with Gasteiger partial charge in [-0.2, -0.15) is 0 Å². The van der Waals surface area contributed by atoms with E-state index in [0.29, 0.717) is 42.7 Å². The Morgan fingerprint density at radius 2 is 1.70 bits per heavy atom. The van der Waals surface area contributed by atoms with E-state index in [1.807, 2.05) is 0 Å². The number of rotatable bonds is 6. The molecule has 1 fully saturated rings. The van der Waals surface area contributed by atoms with Crippen molar-refractivity contribution in [2.24, 2.45) is 5.92 Å². The van der Waals surface area contributed by atoms with E-state index in [1.165, 1.54) is 31.4 Å². The number of sulfonamides is 1. The lowest BCUT2D eigenvalue weighted by molar-refractivity contribution is 0.0944. The van der Waals surface area contributed by atoms with E-state index in [2.05, 4.69) is 10.0 Å². The van der Waals surface area contributed by atoms with Gasteiger partial charge in [0.05, 0.1) is 16.1 Å². The standard InChI is InChI=1S/C22H26N2O5S/c25-22(23-15-16-6-2-1-3-7-16)18-8-4-5-9-19(18)24-30(26,27)17-10-11-20-21(14-17)29-13-12-28-20/h4-5,8-11,14,16,24H,1-3,6-7,12-13,15H2,(H,23,25). The van der Waals surface area contributed by atoms with E-state index in [1.54, 1.807) is 30.3 Å². The highest BCUT2D eigenvalue weighted by Gasteiger charge is 2.22. The molecule has 0 aromatic heterocycles. The fourth-order valence-corrected chi connectivity index (χ4v) is 4.98. The Kier molecular flexibility index (Phi) is 6.13. The Balaban J connectivity index is 1.49. The van der Waals surface area contributed by atoms with Crippen molar-refractivity contribution in [3.63, 3.8) is 0 Å². The first-order valence-electron chi connectivity index (χ1n) is 10.3. The van der Waals surface area contributed by atoms with Crippen LogP contribution in [0, 0.1) is 5.92 Å². The highest BCUT2D eigenvalue weighted by molar-refractivity contribution is 7.92. The van der Waals surface area contributed by atoms with E-state index in [4.69, 9.17) is 9.47 Å². The van der Waals surface area contributed by atoms with Crippen LogP contribution in [-0.4, -0.2) is 34.1 Å². The number of hydrogen-bond donors (Lipinski definition) is 2. The van der Waals surface area contributed by atoms with E-state index in [0.717, 1.165) is 12.8 Å². The van der Waals surface area contributed by atoms with Crippen LogP contribution >= 0.6 is 0 Å². The van der Waals surface area contributed by atoms with Crippen molar-refractivity contribution >= 4 is 21.6 Å². The number of carbonyl (C=O) groups is 1. The summed E-state index contributed by atoms with van der Waals surface area (Å²) in [7, 11) is -3.90. The highest BCUT2D eigenvalue weighted by Crippen LogP contribution is 2.33. The van der Waals surface area contributed by atoms with Crippen molar-refractivity contribution in [3.05, 3.63) is 48.0 Å².